The number of nitrogens with zero attached hydrogens (tertiary/aromatic N) is 2. The molecule has 3 nitrogen and oxygen atoms in total. The van der Waals surface area contributed by atoms with Crippen LogP contribution in [0.15, 0.2) is 6.20 Å². The number of hydrogen-bond donors (Lipinski definition) is 1. The van der Waals surface area contributed by atoms with Gasteiger partial charge >= 0.3 is 0 Å². The predicted molar refractivity (Wildman–Crippen MR) is 65.3 cm³/mol. The highest BCUT2D eigenvalue weighted by Gasteiger charge is 2.28. The van der Waals surface area contributed by atoms with Crippen LogP contribution in [0, 0.1) is 0 Å². The zero-order chi connectivity index (χ0) is 11.3. The highest BCUT2D eigenvalue weighted by Crippen LogP contribution is 2.34. The van der Waals surface area contributed by atoms with E-state index in [1.807, 2.05) is 6.20 Å². The van der Waals surface area contributed by atoms with Crippen molar-refractivity contribution in [3.8, 4) is 0 Å². The van der Waals surface area contributed by atoms with E-state index in [4.69, 9.17) is 0 Å². The first-order valence-corrected chi connectivity index (χ1v) is 6.67. The molecule has 0 aliphatic heterocycles. The molecule has 0 amide bonds. The second-order valence-corrected chi connectivity index (χ2v) is 5.39. The van der Waals surface area contributed by atoms with Gasteiger partial charge in [0.05, 0.1) is 11.9 Å². The Morgan fingerprint density at radius 1 is 1.00 bits per heavy atom. The summed E-state index contributed by atoms with van der Waals surface area (Å²) in [5.74, 6) is 0. The van der Waals surface area contributed by atoms with Crippen LogP contribution in [0.3, 0.4) is 0 Å². The molecule has 0 bridgehead atoms. The lowest BCUT2D eigenvalue weighted by Crippen LogP contribution is -2.23. The standard InChI is InChI=1S/C13H23N3/c1-13(12-11-14-16-15-12)9-7-5-3-2-4-6-8-10-13/h11H,2-10H2,1H3,(H,14,15,16). The van der Waals surface area contributed by atoms with Crippen molar-refractivity contribution in [2.24, 2.45) is 0 Å². The van der Waals surface area contributed by atoms with Crippen LogP contribution in [0.4, 0.5) is 0 Å². The van der Waals surface area contributed by atoms with E-state index in [0.717, 1.165) is 5.69 Å². The molecule has 1 N–H and O–H groups in total. The van der Waals surface area contributed by atoms with Gasteiger partial charge in [0.25, 0.3) is 0 Å². The predicted octanol–water partition coefficient (Wildman–Crippen LogP) is 3.59. The normalized spacial score (nSPS) is 22.8. The summed E-state index contributed by atoms with van der Waals surface area (Å²) < 4.78 is 0. The number of hydrogen-bond acceptors (Lipinski definition) is 2. The first-order valence-electron chi connectivity index (χ1n) is 6.67. The second kappa shape index (κ2) is 5.46. The molecule has 16 heavy (non-hydrogen) atoms. The Kier molecular flexibility index (Phi) is 3.97. The SMILES string of the molecule is CC1(c2cn[nH]n2)CCCCCCCCC1. The fraction of sp³-hybridized carbons (Fsp3) is 0.846. The van der Waals surface area contributed by atoms with E-state index >= 15 is 0 Å². The third-order valence-electron chi connectivity index (χ3n) is 3.99. The van der Waals surface area contributed by atoms with Crippen LogP contribution in [0.5, 0.6) is 0 Å². The van der Waals surface area contributed by atoms with Gasteiger partial charge in [-0.05, 0) is 12.8 Å². The molecule has 0 saturated heterocycles. The van der Waals surface area contributed by atoms with Crippen LogP contribution in [-0.2, 0) is 5.41 Å². The average molecular weight is 221 g/mol. The van der Waals surface area contributed by atoms with Gasteiger partial charge in [0, 0.05) is 5.41 Å². The van der Waals surface area contributed by atoms with Crippen molar-refractivity contribution in [3.05, 3.63) is 11.9 Å². The highest BCUT2D eigenvalue weighted by molar-refractivity contribution is 5.09. The Labute approximate surface area is 98.0 Å². The van der Waals surface area contributed by atoms with E-state index in [0.29, 0.717) is 0 Å². The van der Waals surface area contributed by atoms with Gasteiger partial charge in [-0.1, -0.05) is 51.9 Å². The summed E-state index contributed by atoms with van der Waals surface area (Å²) in [5, 5.41) is 11.0. The van der Waals surface area contributed by atoms with E-state index < -0.39 is 0 Å². The van der Waals surface area contributed by atoms with Crippen LogP contribution in [-0.4, -0.2) is 15.4 Å². The van der Waals surface area contributed by atoms with Crippen molar-refractivity contribution in [2.45, 2.75) is 70.1 Å². The summed E-state index contributed by atoms with van der Waals surface area (Å²) in [4.78, 5) is 0. The molecule has 1 aromatic rings. The number of nitrogens with one attached hydrogen (secondary N) is 1. The van der Waals surface area contributed by atoms with Gasteiger partial charge in [0.15, 0.2) is 0 Å². The van der Waals surface area contributed by atoms with E-state index in [9.17, 15) is 0 Å². The Morgan fingerprint density at radius 2 is 1.56 bits per heavy atom. The molecule has 1 aliphatic rings. The van der Waals surface area contributed by atoms with Crippen molar-refractivity contribution in [2.75, 3.05) is 0 Å². The summed E-state index contributed by atoms with van der Waals surface area (Å²) in [7, 11) is 0. The minimum atomic E-state index is 0.254. The molecular formula is C13H23N3. The van der Waals surface area contributed by atoms with Crippen LogP contribution in [0.25, 0.3) is 0 Å². The molecule has 1 heterocycles. The zero-order valence-corrected chi connectivity index (χ0v) is 10.3. The van der Waals surface area contributed by atoms with E-state index in [1.54, 1.807) is 0 Å². The maximum Gasteiger partial charge on any atom is 0.0883 e. The van der Waals surface area contributed by atoms with Gasteiger partial charge in [0.1, 0.15) is 0 Å². The molecule has 1 aromatic heterocycles. The van der Waals surface area contributed by atoms with E-state index in [2.05, 4.69) is 22.3 Å². The Hall–Kier alpha value is -0.860. The first-order chi connectivity index (χ1) is 7.81. The van der Waals surface area contributed by atoms with E-state index in [1.165, 1.54) is 57.8 Å². The third kappa shape index (κ3) is 2.83. The monoisotopic (exact) mass is 221 g/mol. The number of aromatic amines is 1. The summed E-state index contributed by atoms with van der Waals surface area (Å²) in [6, 6.07) is 0. The van der Waals surface area contributed by atoms with Crippen molar-refractivity contribution < 1.29 is 0 Å². The lowest BCUT2D eigenvalue weighted by Gasteiger charge is -2.28. The molecule has 1 fully saturated rings. The van der Waals surface area contributed by atoms with Gasteiger partial charge in [-0.15, -0.1) is 0 Å². The molecule has 0 unspecified atom stereocenters. The fourth-order valence-corrected chi connectivity index (χ4v) is 2.79. The van der Waals surface area contributed by atoms with Gasteiger partial charge in [-0.3, -0.25) is 0 Å². The quantitative estimate of drug-likeness (QED) is 0.787. The Bertz CT molecular complexity index is 282. The maximum absolute atomic E-state index is 4.30. The van der Waals surface area contributed by atoms with Crippen LogP contribution in [0.1, 0.15) is 70.4 Å². The zero-order valence-electron chi connectivity index (χ0n) is 10.3. The van der Waals surface area contributed by atoms with Gasteiger partial charge in [-0.2, -0.15) is 15.4 Å². The van der Waals surface area contributed by atoms with E-state index in [-0.39, 0.29) is 5.41 Å². The van der Waals surface area contributed by atoms with Gasteiger partial charge < -0.3 is 0 Å². The molecule has 0 spiro atoms. The first kappa shape index (κ1) is 11.6. The highest BCUT2D eigenvalue weighted by atomic mass is 15.3. The van der Waals surface area contributed by atoms with Crippen molar-refractivity contribution in [3.63, 3.8) is 0 Å². The van der Waals surface area contributed by atoms with Gasteiger partial charge in [-0.25, -0.2) is 0 Å². The molecule has 2 rings (SSSR count). The molecule has 1 saturated carbocycles. The molecule has 0 radical (unpaired) electrons. The minimum absolute atomic E-state index is 0.254. The topological polar surface area (TPSA) is 41.6 Å². The summed E-state index contributed by atoms with van der Waals surface area (Å²) in [5.41, 5.74) is 1.41. The van der Waals surface area contributed by atoms with Crippen molar-refractivity contribution >= 4 is 0 Å². The lowest BCUT2D eigenvalue weighted by atomic mass is 9.76. The number of aromatic nitrogens is 3. The largest absolute Gasteiger partial charge is 0.198 e. The van der Waals surface area contributed by atoms with Crippen molar-refractivity contribution in [1.29, 1.82) is 0 Å². The lowest BCUT2D eigenvalue weighted by molar-refractivity contribution is 0.343. The second-order valence-electron chi connectivity index (χ2n) is 5.39. The Balaban J connectivity index is 2.03. The number of rotatable bonds is 1. The van der Waals surface area contributed by atoms with Crippen molar-refractivity contribution in [1.82, 2.24) is 15.4 Å². The third-order valence-corrected chi connectivity index (χ3v) is 3.99. The summed E-state index contributed by atoms with van der Waals surface area (Å²) in [6.07, 6.45) is 14.1. The minimum Gasteiger partial charge on any atom is -0.198 e. The smallest absolute Gasteiger partial charge is 0.0883 e. The molecule has 0 aromatic carbocycles. The summed E-state index contributed by atoms with van der Waals surface area (Å²) in [6.45, 7) is 2.35. The molecule has 3 heteroatoms. The molecule has 90 valence electrons. The molecular weight excluding hydrogens is 198 g/mol. The Morgan fingerprint density at radius 3 is 2.06 bits per heavy atom. The average Bonchev–Trinajstić information content (AvgIpc) is 2.81. The maximum atomic E-state index is 4.30. The fourth-order valence-electron chi connectivity index (χ4n) is 2.79. The number of H-pyrrole nitrogens is 1. The molecule has 0 atom stereocenters. The molecule has 1 aliphatic carbocycles. The van der Waals surface area contributed by atoms with Crippen LogP contribution < -0.4 is 0 Å². The summed E-state index contributed by atoms with van der Waals surface area (Å²) >= 11 is 0. The van der Waals surface area contributed by atoms with Gasteiger partial charge in [0.2, 0.25) is 0 Å². The van der Waals surface area contributed by atoms with Crippen LogP contribution >= 0.6 is 0 Å². The van der Waals surface area contributed by atoms with Crippen LogP contribution in [0.2, 0.25) is 0 Å².